The number of rotatable bonds is 7. The summed E-state index contributed by atoms with van der Waals surface area (Å²) in [5.74, 6) is -0.263. The van der Waals surface area contributed by atoms with Crippen LogP contribution in [-0.2, 0) is 22.6 Å². The van der Waals surface area contributed by atoms with Gasteiger partial charge < -0.3 is 10.2 Å². The van der Waals surface area contributed by atoms with Crippen LogP contribution in [0.5, 0.6) is 0 Å². The van der Waals surface area contributed by atoms with Crippen LogP contribution in [0.3, 0.4) is 0 Å². The molecule has 144 valence electrons. The van der Waals surface area contributed by atoms with Gasteiger partial charge in [0.05, 0.1) is 6.42 Å². The Bertz CT molecular complexity index is 787. The standard InChI is InChI=1S/C22H27ClN2O2/c1-15(2)24-22(27)17(4)25(14-18-10-8-16(3)9-11-18)21(26)13-19-6-5-7-20(23)12-19/h5-12,15,17H,13-14H2,1-4H3,(H,24,27)/t17-/m0/s1. The molecule has 2 aromatic rings. The fourth-order valence-electron chi connectivity index (χ4n) is 2.80. The second kappa shape index (κ2) is 9.56. The molecule has 0 aromatic heterocycles. The van der Waals surface area contributed by atoms with Crippen LogP contribution >= 0.6 is 11.6 Å². The normalized spacial score (nSPS) is 11.9. The number of nitrogens with zero attached hydrogens (tertiary/aromatic N) is 1. The predicted molar refractivity (Wildman–Crippen MR) is 110 cm³/mol. The maximum Gasteiger partial charge on any atom is 0.242 e. The first-order valence-corrected chi connectivity index (χ1v) is 9.54. The van der Waals surface area contributed by atoms with E-state index in [9.17, 15) is 9.59 Å². The van der Waals surface area contributed by atoms with Crippen molar-refractivity contribution < 1.29 is 9.59 Å². The van der Waals surface area contributed by atoms with Gasteiger partial charge in [0.2, 0.25) is 11.8 Å². The molecule has 0 saturated heterocycles. The summed E-state index contributed by atoms with van der Waals surface area (Å²) in [6, 6.07) is 14.7. The van der Waals surface area contributed by atoms with Crippen LogP contribution < -0.4 is 5.32 Å². The molecule has 0 saturated carbocycles. The van der Waals surface area contributed by atoms with Crippen molar-refractivity contribution >= 4 is 23.4 Å². The summed E-state index contributed by atoms with van der Waals surface area (Å²) in [6.07, 6.45) is 0.200. The van der Waals surface area contributed by atoms with E-state index in [1.165, 1.54) is 0 Å². The first-order valence-electron chi connectivity index (χ1n) is 9.16. The molecule has 0 fully saturated rings. The minimum absolute atomic E-state index is 0.0178. The second-order valence-corrected chi connectivity index (χ2v) is 7.59. The monoisotopic (exact) mass is 386 g/mol. The van der Waals surface area contributed by atoms with Gasteiger partial charge in [-0.2, -0.15) is 0 Å². The fourth-order valence-corrected chi connectivity index (χ4v) is 3.01. The van der Waals surface area contributed by atoms with Gasteiger partial charge in [0.1, 0.15) is 6.04 Å². The van der Waals surface area contributed by atoms with Gasteiger partial charge in [0.25, 0.3) is 0 Å². The molecule has 0 radical (unpaired) electrons. The minimum atomic E-state index is -0.569. The topological polar surface area (TPSA) is 49.4 Å². The van der Waals surface area contributed by atoms with Crippen molar-refractivity contribution in [3.05, 3.63) is 70.2 Å². The third-order valence-electron chi connectivity index (χ3n) is 4.32. The Morgan fingerprint density at radius 1 is 1.04 bits per heavy atom. The van der Waals surface area contributed by atoms with Crippen molar-refractivity contribution in [2.45, 2.75) is 52.7 Å². The molecular weight excluding hydrogens is 360 g/mol. The average Bonchev–Trinajstić information content (AvgIpc) is 2.60. The Morgan fingerprint density at radius 2 is 1.70 bits per heavy atom. The molecule has 0 aliphatic carbocycles. The molecule has 4 nitrogen and oxygen atoms in total. The fraction of sp³-hybridized carbons (Fsp3) is 0.364. The van der Waals surface area contributed by atoms with Gasteiger partial charge in [-0.25, -0.2) is 0 Å². The smallest absolute Gasteiger partial charge is 0.242 e. The van der Waals surface area contributed by atoms with E-state index in [2.05, 4.69) is 5.32 Å². The highest BCUT2D eigenvalue weighted by Gasteiger charge is 2.26. The summed E-state index contributed by atoms with van der Waals surface area (Å²) in [5, 5.41) is 3.49. The molecule has 1 atom stereocenters. The lowest BCUT2D eigenvalue weighted by Gasteiger charge is -2.29. The lowest BCUT2D eigenvalue weighted by molar-refractivity contribution is -0.140. The van der Waals surface area contributed by atoms with Crippen LogP contribution in [-0.4, -0.2) is 28.8 Å². The first-order chi connectivity index (χ1) is 12.8. The summed E-state index contributed by atoms with van der Waals surface area (Å²) in [6.45, 7) is 7.98. The maximum absolute atomic E-state index is 13.0. The number of amides is 2. The zero-order chi connectivity index (χ0) is 20.0. The number of halogens is 1. The number of carbonyl (C=O) groups excluding carboxylic acids is 2. The van der Waals surface area contributed by atoms with Crippen molar-refractivity contribution in [3.63, 3.8) is 0 Å². The van der Waals surface area contributed by atoms with Gasteiger partial charge in [0, 0.05) is 17.6 Å². The van der Waals surface area contributed by atoms with Crippen LogP contribution in [0.4, 0.5) is 0 Å². The maximum atomic E-state index is 13.0. The molecule has 0 heterocycles. The molecule has 0 aliphatic rings. The SMILES string of the molecule is Cc1ccc(CN(C(=O)Cc2cccc(Cl)c2)[C@@H](C)C(=O)NC(C)C)cc1. The lowest BCUT2D eigenvalue weighted by Crippen LogP contribution is -2.49. The van der Waals surface area contributed by atoms with Crippen LogP contribution in [0.2, 0.25) is 5.02 Å². The van der Waals surface area contributed by atoms with Gasteiger partial charge in [-0.3, -0.25) is 9.59 Å². The number of aryl methyl sites for hydroxylation is 1. The van der Waals surface area contributed by atoms with Crippen LogP contribution in [0.25, 0.3) is 0 Å². The first kappa shape index (κ1) is 21.0. The van der Waals surface area contributed by atoms with Gasteiger partial charge in [0.15, 0.2) is 0 Å². The molecule has 0 unspecified atom stereocenters. The third kappa shape index (κ3) is 6.40. The number of benzene rings is 2. The van der Waals surface area contributed by atoms with Gasteiger partial charge in [-0.15, -0.1) is 0 Å². The van der Waals surface area contributed by atoms with Crippen molar-refractivity contribution in [1.82, 2.24) is 10.2 Å². The number of hydrogen-bond acceptors (Lipinski definition) is 2. The number of nitrogens with one attached hydrogen (secondary N) is 1. The average molecular weight is 387 g/mol. The Kier molecular flexibility index (Phi) is 7.43. The molecule has 0 aliphatic heterocycles. The molecule has 27 heavy (non-hydrogen) atoms. The highest BCUT2D eigenvalue weighted by Crippen LogP contribution is 2.16. The zero-order valence-corrected chi connectivity index (χ0v) is 17.1. The minimum Gasteiger partial charge on any atom is -0.352 e. The van der Waals surface area contributed by atoms with Crippen molar-refractivity contribution in [1.29, 1.82) is 0 Å². The second-order valence-electron chi connectivity index (χ2n) is 7.15. The zero-order valence-electron chi connectivity index (χ0n) is 16.3. The molecule has 0 bridgehead atoms. The van der Waals surface area contributed by atoms with Crippen molar-refractivity contribution in [2.75, 3.05) is 0 Å². The van der Waals surface area contributed by atoms with E-state index < -0.39 is 6.04 Å². The molecule has 2 amide bonds. The van der Waals surface area contributed by atoms with Crippen molar-refractivity contribution in [2.24, 2.45) is 0 Å². The van der Waals surface area contributed by atoms with E-state index in [1.807, 2.05) is 57.2 Å². The van der Waals surface area contributed by atoms with Gasteiger partial charge in [-0.1, -0.05) is 53.6 Å². The number of carbonyl (C=O) groups is 2. The van der Waals surface area contributed by atoms with Gasteiger partial charge >= 0.3 is 0 Å². The van der Waals surface area contributed by atoms with E-state index >= 15 is 0 Å². The van der Waals surface area contributed by atoms with Gasteiger partial charge in [-0.05, 0) is 51.0 Å². The van der Waals surface area contributed by atoms with E-state index in [4.69, 9.17) is 11.6 Å². The van der Waals surface area contributed by atoms with Crippen molar-refractivity contribution in [3.8, 4) is 0 Å². The molecule has 5 heteroatoms. The summed E-state index contributed by atoms with van der Waals surface area (Å²) in [7, 11) is 0. The predicted octanol–water partition coefficient (Wildman–Crippen LogP) is 4.13. The number of hydrogen-bond donors (Lipinski definition) is 1. The Hall–Kier alpha value is -2.33. The highest BCUT2D eigenvalue weighted by atomic mass is 35.5. The lowest BCUT2D eigenvalue weighted by atomic mass is 10.1. The Labute approximate surface area is 166 Å². The molecule has 2 rings (SSSR count). The van der Waals surface area contributed by atoms with E-state index in [0.29, 0.717) is 11.6 Å². The Balaban J connectivity index is 2.22. The molecule has 1 N–H and O–H groups in total. The Morgan fingerprint density at radius 3 is 2.30 bits per heavy atom. The van der Waals surface area contributed by atoms with E-state index in [1.54, 1.807) is 24.0 Å². The third-order valence-corrected chi connectivity index (χ3v) is 4.55. The molecular formula is C22H27ClN2O2. The van der Waals surface area contributed by atoms with Crippen LogP contribution in [0.15, 0.2) is 48.5 Å². The van der Waals surface area contributed by atoms with E-state index in [-0.39, 0.29) is 24.3 Å². The highest BCUT2D eigenvalue weighted by molar-refractivity contribution is 6.30. The summed E-state index contributed by atoms with van der Waals surface area (Å²) < 4.78 is 0. The summed E-state index contributed by atoms with van der Waals surface area (Å²) in [5.41, 5.74) is 2.98. The summed E-state index contributed by atoms with van der Waals surface area (Å²) >= 11 is 6.03. The molecule has 2 aromatic carbocycles. The van der Waals surface area contributed by atoms with E-state index in [0.717, 1.165) is 16.7 Å². The quantitative estimate of drug-likeness (QED) is 0.777. The molecule has 0 spiro atoms. The summed E-state index contributed by atoms with van der Waals surface area (Å²) in [4.78, 5) is 27.2. The van der Waals surface area contributed by atoms with Crippen LogP contribution in [0, 0.1) is 6.92 Å². The van der Waals surface area contributed by atoms with Crippen LogP contribution in [0.1, 0.15) is 37.5 Å². The largest absolute Gasteiger partial charge is 0.352 e.